The summed E-state index contributed by atoms with van der Waals surface area (Å²) in [6, 6.07) is 7.33. The van der Waals surface area contributed by atoms with Crippen molar-refractivity contribution in [1.82, 2.24) is 4.98 Å². The number of carboxylic acid groups (broad SMARTS) is 1. The van der Waals surface area contributed by atoms with Gasteiger partial charge in [-0.05, 0) is 24.3 Å². The number of ether oxygens (including phenoxy) is 1. The Kier molecular flexibility index (Phi) is 2.77. The Morgan fingerprint density at radius 1 is 1.41 bits per heavy atom. The van der Waals surface area contributed by atoms with Gasteiger partial charge in [-0.3, -0.25) is 0 Å². The highest BCUT2D eigenvalue weighted by atomic mass is 35.5. The maximum absolute atomic E-state index is 14.1. The maximum atomic E-state index is 14.1. The van der Waals surface area contributed by atoms with Crippen LogP contribution in [-0.4, -0.2) is 22.3 Å². The fourth-order valence-corrected chi connectivity index (χ4v) is 3.25. The van der Waals surface area contributed by atoms with E-state index < -0.39 is 18.2 Å². The van der Waals surface area contributed by atoms with Gasteiger partial charge < -0.3 is 14.7 Å². The molecule has 2 aliphatic heterocycles. The van der Waals surface area contributed by atoms with E-state index in [1.54, 1.807) is 23.1 Å². The Morgan fingerprint density at radius 3 is 3.00 bits per heavy atom. The summed E-state index contributed by atoms with van der Waals surface area (Å²) in [7, 11) is 0. The van der Waals surface area contributed by atoms with Gasteiger partial charge in [0.05, 0.1) is 6.04 Å². The number of aliphatic carboxylic acids is 1. The van der Waals surface area contributed by atoms with Crippen LogP contribution in [0.25, 0.3) is 0 Å². The number of carbonyl (C=O) groups is 1. The number of fused-ring (bicyclic) bond motifs is 5. The third-order valence-corrected chi connectivity index (χ3v) is 4.19. The van der Waals surface area contributed by atoms with Crippen LogP contribution in [0.4, 0.5) is 10.1 Å². The smallest absolute Gasteiger partial charge is 0.366 e. The molecule has 1 aromatic carbocycles. The average molecular weight is 321 g/mol. The number of rotatable bonds is 1. The lowest BCUT2D eigenvalue weighted by atomic mass is 10.0. The number of nitrogens with zero attached hydrogens (tertiary/aromatic N) is 2. The van der Waals surface area contributed by atoms with Crippen LogP contribution in [0.15, 0.2) is 30.3 Å². The van der Waals surface area contributed by atoms with Crippen LogP contribution in [0.2, 0.25) is 5.15 Å². The Hall–Kier alpha value is -2.34. The predicted octanol–water partition coefficient (Wildman–Crippen LogP) is 2.78. The molecule has 112 valence electrons. The van der Waals surface area contributed by atoms with Gasteiger partial charge in [0.15, 0.2) is 0 Å². The van der Waals surface area contributed by atoms with Crippen molar-refractivity contribution in [3.8, 4) is 5.75 Å². The molecule has 0 radical (unpaired) electrons. The second-order valence-corrected chi connectivity index (χ2v) is 5.58. The van der Waals surface area contributed by atoms with Crippen LogP contribution in [-0.2, 0) is 11.2 Å². The Labute approximate surface area is 129 Å². The highest BCUT2D eigenvalue weighted by molar-refractivity contribution is 6.29. The first-order chi connectivity index (χ1) is 10.6. The van der Waals surface area contributed by atoms with E-state index in [1.165, 1.54) is 12.1 Å². The molecule has 7 heteroatoms. The number of anilines is 1. The van der Waals surface area contributed by atoms with Gasteiger partial charge in [0.2, 0.25) is 0 Å². The monoisotopic (exact) mass is 320 g/mol. The van der Waals surface area contributed by atoms with Gasteiger partial charge in [0, 0.05) is 17.7 Å². The molecule has 4 rings (SSSR count). The minimum Gasteiger partial charge on any atom is -0.477 e. The highest BCUT2D eigenvalue weighted by Gasteiger charge is 2.46. The van der Waals surface area contributed by atoms with E-state index in [1.807, 2.05) is 0 Å². The molecule has 5 nitrogen and oxygen atoms in total. The number of hydrogen-bond acceptors (Lipinski definition) is 4. The molecule has 2 unspecified atom stereocenters. The van der Waals surface area contributed by atoms with Crippen molar-refractivity contribution in [1.29, 1.82) is 0 Å². The van der Waals surface area contributed by atoms with E-state index >= 15 is 0 Å². The quantitative estimate of drug-likeness (QED) is 0.819. The van der Waals surface area contributed by atoms with Crippen molar-refractivity contribution < 1.29 is 19.0 Å². The Bertz CT molecular complexity index is 798. The number of aromatic nitrogens is 1. The van der Waals surface area contributed by atoms with Crippen LogP contribution in [0.3, 0.4) is 0 Å². The van der Waals surface area contributed by atoms with E-state index in [4.69, 9.17) is 16.3 Å². The minimum atomic E-state index is -1.22. The molecule has 2 aliphatic rings. The van der Waals surface area contributed by atoms with Gasteiger partial charge in [0.25, 0.3) is 6.23 Å². The molecular formula is C15H10ClFN2O3. The summed E-state index contributed by atoms with van der Waals surface area (Å²) < 4.78 is 19.6. The SMILES string of the molecule is O=C(O)C1Oc2ccc(Cl)nc2C2Cc3c(F)cccc3N12. The molecule has 2 atom stereocenters. The molecule has 0 amide bonds. The maximum Gasteiger partial charge on any atom is 0.366 e. The van der Waals surface area contributed by atoms with E-state index in [2.05, 4.69) is 4.98 Å². The van der Waals surface area contributed by atoms with Crippen LogP contribution in [0, 0.1) is 5.82 Å². The summed E-state index contributed by atoms with van der Waals surface area (Å²) in [5.74, 6) is -1.13. The van der Waals surface area contributed by atoms with E-state index in [0.717, 1.165) is 0 Å². The lowest BCUT2D eigenvalue weighted by molar-refractivity contribution is -0.145. The predicted molar refractivity (Wildman–Crippen MR) is 76.6 cm³/mol. The fraction of sp³-hybridized carbons (Fsp3) is 0.200. The summed E-state index contributed by atoms with van der Waals surface area (Å²) in [5.41, 5.74) is 1.52. The van der Waals surface area contributed by atoms with Gasteiger partial charge >= 0.3 is 5.97 Å². The lowest BCUT2D eigenvalue weighted by Gasteiger charge is -2.37. The van der Waals surface area contributed by atoms with Crippen molar-refractivity contribution in [2.75, 3.05) is 4.90 Å². The second kappa shape index (κ2) is 4.58. The minimum absolute atomic E-state index is 0.285. The fourth-order valence-electron chi connectivity index (χ4n) is 3.09. The molecule has 1 aromatic heterocycles. The number of benzene rings is 1. The average Bonchev–Trinajstić information content (AvgIpc) is 2.88. The second-order valence-electron chi connectivity index (χ2n) is 5.19. The van der Waals surface area contributed by atoms with Crippen LogP contribution in [0.1, 0.15) is 17.3 Å². The van der Waals surface area contributed by atoms with Crippen molar-refractivity contribution >= 4 is 23.3 Å². The molecule has 1 N–H and O–H groups in total. The van der Waals surface area contributed by atoms with E-state index in [9.17, 15) is 14.3 Å². The highest BCUT2D eigenvalue weighted by Crippen LogP contribution is 2.47. The first-order valence-corrected chi connectivity index (χ1v) is 7.05. The Morgan fingerprint density at radius 2 is 2.23 bits per heavy atom. The van der Waals surface area contributed by atoms with Crippen molar-refractivity contribution in [2.24, 2.45) is 0 Å². The molecule has 0 saturated carbocycles. The number of carboxylic acids is 1. The third-order valence-electron chi connectivity index (χ3n) is 3.98. The lowest BCUT2D eigenvalue weighted by Crippen LogP contribution is -2.49. The summed E-state index contributed by atoms with van der Waals surface area (Å²) in [4.78, 5) is 17.4. The molecule has 0 fully saturated rings. The van der Waals surface area contributed by atoms with Crippen molar-refractivity contribution in [3.63, 3.8) is 0 Å². The molecule has 3 heterocycles. The molecular weight excluding hydrogens is 311 g/mol. The normalized spacial score (nSPS) is 21.6. The van der Waals surface area contributed by atoms with Crippen molar-refractivity contribution in [2.45, 2.75) is 18.7 Å². The standard InChI is InChI=1S/C15H10ClFN2O3/c16-12-5-4-11-13(18-12)10-6-7-8(17)2-1-3-9(7)19(10)14(22-11)15(20)21/h1-5,10,14H,6H2,(H,20,21). The van der Waals surface area contributed by atoms with Gasteiger partial charge in [-0.1, -0.05) is 17.7 Å². The van der Waals surface area contributed by atoms with Gasteiger partial charge in [-0.2, -0.15) is 0 Å². The molecule has 0 aliphatic carbocycles. The zero-order chi connectivity index (χ0) is 15.4. The van der Waals surface area contributed by atoms with Crippen LogP contribution >= 0.6 is 11.6 Å². The largest absolute Gasteiger partial charge is 0.477 e. The number of halogens is 2. The molecule has 2 aromatic rings. The molecule has 22 heavy (non-hydrogen) atoms. The van der Waals surface area contributed by atoms with Crippen molar-refractivity contribution in [3.05, 3.63) is 52.6 Å². The summed E-state index contributed by atoms with van der Waals surface area (Å²) in [6.45, 7) is 0. The van der Waals surface area contributed by atoms with Gasteiger partial charge in [-0.25, -0.2) is 14.2 Å². The molecule has 0 spiro atoms. The number of hydrogen-bond donors (Lipinski definition) is 1. The topological polar surface area (TPSA) is 62.7 Å². The Balaban J connectivity index is 1.92. The van der Waals surface area contributed by atoms with Crippen LogP contribution in [0.5, 0.6) is 5.75 Å². The van der Waals surface area contributed by atoms with Gasteiger partial charge in [-0.15, -0.1) is 0 Å². The summed E-state index contributed by atoms with van der Waals surface area (Å²) >= 11 is 5.93. The molecule has 0 saturated heterocycles. The first-order valence-electron chi connectivity index (χ1n) is 6.68. The van der Waals surface area contributed by atoms with Crippen LogP contribution < -0.4 is 9.64 Å². The first kappa shape index (κ1) is 13.3. The zero-order valence-corrected chi connectivity index (χ0v) is 11.9. The number of pyridine rings is 1. The van der Waals surface area contributed by atoms with E-state index in [0.29, 0.717) is 29.1 Å². The molecule has 0 bridgehead atoms. The zero-order valence-electron chi connectivity index (χ0n) is 11.2. The summed E-state index contributed by atoms with van der Waals surface area (Å²) in [6.07, 6.45) is -0.890. The van der Waals surface area contributed by atoms with Gasteiger partial charge in [0.1, 0.15) is 22.4 Å². The third kappa shape index (κ3) is 1.77. The summed E-state index contributed by atoms with van der Waals surface area (Å²) in [5, 5.41) is 9.74. The van der Waals surface area contributed by atoms with E-state index in [-0.39, 0.29) is 11.0 Å².